The van der Waals surface area contributed by atoms with Gasteiger partial charge in [-0.2, -0.15) is 0 Å². The fourth-order valence-electron chi connectivity index (χ4n) is 1.89. The van der Waals surface area contributed by atoms with Gasteiger partial charge >= 0.3 is 5.97 Å². The van der Waals surface area contributed by atoms with E-state index in [1.165, 1.54) is 0 Å². The Morgan fingerprint density at radius 3 is 2.79 bits per heavy atom. The first-order valence-electron chi connectivity index (χ1n) is 6.44. The number of carbonyl (C=O) groups excluding carboxylic acids is 1. The summed E-state index contributed by atoms with van der Waals surface area (Å²) in [6.07, 6.45) is 2.81. The number of carboxylic acids is 1. The van der Waals surface area contributed by atoms with Gasteiger partial charge in [0, 0.05) is 19.0 Å². The summed E-state index contributed by atoms with van der Waals surface area (Å²) in [4.78, 5) is 26.4. The van der Waals surface area contributed by atoms with E-state index in [-0.39, 0.29) is 24.7 Å². The minimum Gasteiger partial charge on any atom is -0.481 e. The van der Waals surface area contributed by atoms with Crippen LogP contribution in [0, 0.1) is 5.92 Å². The molecule has 1 rings (SSSR count). The molecule has 104 valence electrons. The molecule has 1 atom stereocenters. The Bertz CT molecular complexity index is 446. The zero-order chi connectivity index (χ0) is 14.3. The normalized spacial score (nSPS) is 11.9. The van der Waals surface area contributed by atoms with Crippen molar-refractivity contribution in [2.75, 3.05) is 0 Å². The van der Waals surface area contributed by atoms with Gasteiger partial charge in [-0.05, 0) is 24.0 Å². The van der Waals surface area contributed by atoms with Gasteiger partial charge in [0.15, 0.2) is 0 Å². The van der Waals surface area contributed by atoms with Crippen molar-refractivity contribution in [1.29, 1.82) is 0 Å². The molecule has 0 aliphatic carbocycles. The summed E-state index contributed by atoms with van der Waals surface area (Å²) in [5.41, 5.74) is 1.98. The highest BCUT2D eigenvalue weighted by Crippen LogP contribution is 2.08. The molecule has 1 unspecified atom stereocenters. The van der Waals surface area contributed by atoms with Crippen LogP contribution >= 0.6 is 0 Å². The maximum absolute atomic E-state index is 11.7. The van der Waals surface area contributed by atoms with E-state index in [0.29, 0.717) is 6.54 Å². The minimum absolute atomic E-state index is 0.0111. The lowest BCUT2D eigenvalue weighted by Crippen LogP contribution is -2.26. The largest absolute Gasteiger partial charge is 0.481 e. The molecule has 19 heavy (non-hydrogen) atoms. The standard InChI is InChI=1S/C14H20N2O3/c1-3-11-5-4-6-15-12(11)9-16-13(17)7-10(2)8-14(18)19/h4-6,10H,3,7-9H2,1-2H3,(H,16,17)(H,18,19). The fourth-order valence-corrected chi connectivity index (χ4v) is 1.89. The van der Waals surface area contributed by atoms with E-state index in [4.69, 9.17) is 5.11 Å². The molecule has 1 aromatic heterocycles. The second-order valence-electron chi connectivity index (χ2n) is 4.65. The number of aromatic nitrogens is 1. The average Bonchev–Trinajstić information content (AvgIpc) is 2.35. The molecular weight excluding hydrogens is 244 g/mol. The molecule has 0 saturated carbocycles. The Hall–Kier alpha value is -1.91. The molecule has 2 N–H and O–H groups in total. The van der Waals surface area contributed by atoms with E-state index >= 15 is 0 Å². The molecule has 5 heteroatoms. The first-order chi connectivity index (χ1) is 9.02. The predicted octanol–water partition coefficient (Wildman–Crippen LogP) is 1.76. The molecular formula is C14H20N2O3. The smallest absolute Gasteiger partial charge is 0.303 e. The number of hydrogen-bond donors (Lipinski definition) is 2. The Morgan fingerprint density at radius 2 is 2.16 bits per heavy atom. The molecule has 0 fully saturated rings. The second-order valence-corrected chi connectivity index (χ2v) is 4.65. The summed E-state index contributed by atoms with van der Waals surface area (Å²) in [6.45, 7) is 4.19. The number of hydrogen-bond acceptors (Lipinski definition) is 3. The zero-order valence-corrected chi connectivity index (χ0v) is 11.3. The highest BCUT2D eigenvalue weighted by Gasteiger charge is 2.12. The third kappa shape index (κ3) is 5.50. The van der Waals surface area contributed by atoms with Crippen LogP contribution in [0.3, 0.4) is 0 Å². The van der Waals surface area contributed by atoms with Crippen molar-refractivity contribution >= 4 is 11.9 Å². The van der Waals surface area contributed by atoms with Crippen LogP contribution in [-0.4, -0.2) is 22.0 Å². The average molecular weight is 264 g/mol. The number of aliphatic carboxylic acids is 1. The molecule has 0 bridgehead atoms. The Kier molecular flexibility index (Phi) is 5.99. The maximum atomic E-state index is 11.7. The van der Waals surface area contributed by atoms with Gasteiger partial charge in [-0.25, -0.2) is 0 Å². The van der Waals surface area contributed by atoms with Crippen LogP contribution in [0.25, 0.3) is 0 Å². The van der Waals surface area contributed by atoms with Crippen molar-refractivity contribution in [3.8, 4) is 0 Å². The number of nitrogens with zero attached hydrogens (tertiary/aromatic N) is 1. The first kappa shape index (κ1) is 15.1. The van der Waals surface area contributed by atoms with Crippen LogP contribution < -0.4 is 5.32 Å². The molecule has 0 spiro atoms. The van der Waals surface area contributed by atoms with Gasteiger partial charge in [-0.1, -0.05) is 19.9 Å². The molecule has 0 aliphatic rings. The molecule has 0 radical (unpaired) electrons. The van der Waals surface area contributed by atoms with Crippen LogP contribution in [0.2, 0.25) is 0 Å². The van der Waals surface area contributed by atoms with Crippen LogP contribution in [0.4, 0.5) is 0 Å². The minimum atomic E-state index is -0.877. The molecule has 1 aromatic rings. The van der Waals surface area contributed by atoms with Crippen LogP contribution in [0.15, 0.2) is 18.3 Å². The Morgan fingerprint density at radius 1 is 1.42 bits per heavy atom. The summed E-state index contributed by atoms with van der Waals surface area (Å²) in [7, 11) is 0. The van der Waals surface area contributed by atoms with E-state index in [2.05, 4.69) is 10.3 Å². The second kappa shape index (κ2) is 7.51. The first-order valence-corrected chi connectivity index (χ1v) is 6.44. The van der Waals surface area contributed by atoms with Crippen molar-refractivity contribution < 1.29 is 14.7 Å². The van der Waals surface area contributed by atoms with E-state index in [0.717, 1.165) is 17.7 Å². The molecule has 1 amide bonds. The fraction of sp³-hybridized carbons (Fsp3) is 0.500. The number of amides is 1. The van der Waals surface area contributed by atoms with Gasteiger partial charge in [0.25, 0.3) is 0 Å². The van der Waals surface area contributed by atoms with Crippen molar-refractivity contribution in [1.82, 2.24) is 10.3 Å². The lowest BCUT2D eigenvalue weighted by Gasteiger charge is -2.10. The lowest BCUT2D eigenvalue weighted by molar-refractivity contribution is -0.138. The van der Waals surface area contributed by atoms with Gasteiger partial charge in [-0.15, -0.1) is 0 Å². The van der Waals surface area contributed by atoms with E-state index in [1.807, 2.05) is 19.1 Å². The van der Waals surface area contributed by atoms with E-state index in [1.54, 1.807) is 13.1 Å². The zero-order valence-electron chi connectivity index (χ0n) is 11.3. The number of aryl methyl sites for hydroxylation is 1. The summed E-state index contributed by atoms with van der Waals surface area (Å²) in [6, 6.07) is 3.86. The third-order valence-electron chi connectivity index (χ3n) is 2.88. The molecule has 0 aromatic carbocycles. The van der Waals surface area contributed by atoms with Gasteiger partial charge in [-0.3, -0.25) is 14.6 Å². The summed E-state index contributed by atoms with van der Waals surface area (Å²) in [5, 5.41) is 11.4. The SMILES string of the molecule is CCc1cccnc1CNC(=O)CC(C)CC(=O)O. The highest BCUT2D eigenvalue weighted by atomic mass is 16.4. The monoisotopic (exact) mass is 264 g/mol. The number of carboxylic acid groups (broad SMARTS) is 1. The molecule has 5 nitrogen and oxygen atoms in total. The Balaban J connectivity index is 2.43. The number of nitrogens with one attached hydrogen (secondary N) is 1. The van der Waals surface area contributed by atoms with Gasteiger partial charge in [0.05, 0.1) is 12.2 Å². The van der Waals surface area contributed by atoms with Crippen molar-refractivity contribution in [2.45, 2.75) is 39.7 Å². The number of carbonyl (C=O) groups is 2. The van der Waals surface area contributed by atoms with E-state index < -0.39 is 5.97 Å². The lowest BCUT2D eigenvalue weighted by atomic mass is 10.0. The maximum Gasteiger partial charge on any atom is 0.303 e. The summed E-state index contributed by atoms with van der Waals surface area (Å²) >= 11 is 0. The topological polar surface area (TPSA) is 79.3 Å². The van der Waals surface area contributed by atoms with Gasteiger partial charge in [0.1, 0.15) is 0 Å². The predicted molar refractivity (Wildman–Crippen MR) is 71.5 cm³/mol. The quantitative estimate of drug-likeness (QED) is 0.786. The van der Waals surface area contributed by atoms with E-state index in [9.17, 15) is 9.59 Å². The molecule has 0 saturated heterocycles. The number of pyridine rings is 1. The number of rotatable bonds is 7. The van der Waals surface area contributed by atoms with Crippen molar-refractivity contribution in [3.63, 3.8) is 0 Å². The van der Waals surface area contributed by atoms with Gasteiger partial charge < -0.3 is 10.4 Å². The summed E-state index contributed by atoms with van der Waals surface area (Å²) in [5.74, 6) is -1.17. The van der Waals surface area contributed by atoms with Crippen LogP contribution in [0.1, 0.15) is 37.9 Å². The molecule has 1 heterocycles. The highest BCUT2D eigenvalue weighted by molar-refractivity contribution is 5.77. The Labute approximate surface area is 113 Å². The molecule has 0 aliphatic heterocycles. The third-order valence-corrected chi connectivity index (χ3v) is 2.88. The van der Waals surface area contributed by atoms with Crippen LogP contribution in [0.5, 0.6) is 0 Å². The van der Waals surface area contributed by atoms with Crippen LogP contribution in [-0.2, 0) is 22.6 Å². The van der Waals surface area contributed by atoms with Crippen molar-refractivity contribution in [2.24, 2.45) is 5.92 Å². The van der Waals surface area contributed by atoms with Crippen molar-refractivity contribution in [3.05, 3.63) is 29.6 Å². The summed E-state index contributed by atoms with van der Waals surface area (Å²) < 4.78 is 0. The van der Waals surface area contributed by atoms with Gasteiger partial charge in [0.2, 0.25) is 5.91 Å².